The molecule has 0 radical (unpaired) electrons. The van der Waals surface area contributed by atoms with Crippen molar-refractivity contribution in [2.24, 2.45) is 5.73 Å². The molecule has 0 atom stereocenters. The van der Waals surface area contributed by atoms with Crippen LogP contribution in [0.5, 0.6) is 0 Å². The van der Waals surface area contributed by atoms with Crippen molar-refractivity contribution in [3.05, 3.63) is 35.1 Å². The van der Waals surface area contributed by atoms with E-state index >= 15 is 0 Å². The van der Waals surface area contributed by atoms with Crippen molar-refractivity contribution in [2.45, 2.75) is 6.92 Å². The first-order valence-corrected chi connectivity index (χ1v) is 3.69. The molecule has 0 spiro atoms. The smallest absolute Gasteiger partial charge is 0.124 e. The molecule has 1 aromatic rings. The molecule has 0 fully saturated rings. The summed E-state index contributed by atoms with van der Waals surface area (Å²) in [5.74, 6) is 5.22. The Balaban J connectivity index is 3.05. The molecule has 1 rings (SSSR count). The number of benzene rings is 1. The van der Waals surface area contributed by atoms with Gasteiger partial charge in [-0.3, -0.25) is 0 Å². The molecule has 12 heavy (non-hydrogen) atoms. The summed E-state index contributed by atoms with van der Waals surface area (Å²) in [5.41, 5.74) is 6.88. The Hall–Kier alpha value is -1.33. The molecule has 1 aromatic carbocycles. The maximum absolute atomic E-state index is 12.7. The van der Waals surface area contributed by atoms with Crippen LogP contribution in [0.25, 0.3) is 0 Å². The van der Waals surface area contributed by atoms with Gasteiger partial charge < -0.3 is 5.73 Å². The summed E-state index contributed by atoms with van der Waals surface area (Å²) in [5, 5.41) is 0. The van der Waals surface area contributed by atoms with Crippen LogP contribution in [-0.4, -0.2) is 6.54 Å². The van der Waals surface area contributed by atoms with Crippen molar-refractivity contribution in [1.82, 2.24) is 0 Å². The number of hydrogen-bond donors (Lipinski definition) is 1. The summed E-state index contributed by atoms with van der Waals surface area (Å²) in [6.07, 6.45) is 0. The molecule has 0 heterocycles. The third kappa shape index (κ3) is 2.08. The van der Waals surface area contributed by atoms with Crippen LogP contribution in [0.15, 0.2) is 18.2 Å². The number of rotatable bonds is 0. The first-order valence-electron chi connectivity index (χ1n) is 3.69. The first kappa shape index (κ1) is 8.76. The highest BCUT2D eigenvalue weighted by Crippen LogP contribution is 2.07. The number of halogens is 1. The Labute approximate surface area is 71.4 Å². The maximum atomic E-state index is 12.7. The fourth-order valence-electron chi connectivity index (χ4n) is 0.875. The van der Waals surface area contributed by atoms with Crippen LogP contribution in [0, 0.1) is 24.6 Å². The van der Waals surface area contributed by atoms with E-state index in [2.05, 4.69) is 11.8 Å². The highest BCUT2D eigenvalue weighted by Gasteiger charge is 1.95. The summed E-state index contributed by atoms with van der Waals surface area (Å²) in [4.78, 5) is 0. The van der Waals surface area contributed by atoms with E-state index in [1.54, 1.807) is 6.07 Å². The third-order valence-electron chi connectivity index (χ3n) is 1.52. The van der Waals surface area contributed by atoms with E-state index in [1.165, 1.54) is 12.1 Å². The standard InChI is InChI=1S/C10H10FN/c1-8-4-5-10(11)7-9(8)3-2-6-12/h4-5,7H,6,12H2,1H3. The molecule has 0 aliphatic heterocycles. The van der Waals surface area contributed by atoms with Gasteiger partial charge in [0, 0.05) is 5.56 Å². The molecule has 1 nitrogen and oxygen atoms in total. The molecular weight excluding hydrogens is 153 g/mol. The normalized spacial score (nSPS) is 8.92. The highest BCUT2D eigenvalue weighted by atomic mass is 19.1. The zero-order chi connectivity index (χ0) is 8.97. The zero-order valence-corrected chi connectivity index (χ0v) is 6.89. The fraction of sp³-hybridized carbons (Fsp3) is 0.200. The van der Waals surface area contributed by atoms with E-state index in [9.17, 15) is 4.39 Å². The van der Waals surface area contributed by atoms with Crippen LogP contribution in [0.1, 0.15) is 11.1 Å². The Kier molecular flexibility index (Phi) is 2.84. The minimum atomic E-state index is -0.262. The molecule has 0 unspecified atom stereocenters. The van der Waals surface area contributed by atoms with Crippen molar-refractivity contribution in [3.63, 3.8) is 0 Å². The van der Waals surface area contributed by atoms with Crippen molar-refractivity contribution in [1.29, 1.82) is 0 Å². The second-order valence-electron chi connectivity index (χ2n) is 2.47. The Morgan fingerprint density at radius 1 is 1.50 bits per heavy atom. The minimum Gasteiger partial charge on any atom is -0.320 e. The number of hydrogen-bond acceptors (Lipinski definition) is 1. The topological polar surface area (TPSA) is 26.0 Å². The molecule has 0 aromatic heterocycles. The first-order chi connectivity index (χ1) is 5.74. The van der Waals surface area contributed by atoms with Gasteiger partial charge in [0.1, 0.15) is 5.82 Å². The Morgan fingerprint density at radius 3 is 2.92 bits per heavy atom. The Morgan fingerprint density at radius 2 is 2.25 bits per heavy atom. The lowest BCUT2D eigenvalue weighted by molar-refractivity contribution is 0.627. The quantitative estimate of drug-likeness (QED) is 0.575. The zero-order valence-electron chi connectivity index (χ0n) is 6.89. The highest BCUT2D eigenvalue weighted by molar-refractivity contribution is 5.40. The minimum absolute atomic E-state index is 0.262. The van der Waals surface area contributed by atoms with Crippen LogP contribution in [-0.2, 0) is 0 Å². The lowest BCUT2D eigenvalue weighted by atomic mass is 10.1. The van der Waals surface area contributed by atoms with Crippen molar-refractivity contribution in [2.75, 3.05) is 6.54 Å². The monoisotopic (exact) mass is 163 g/mol. The Bertz CT molecular complexity index is 333. The van der Waals surface area contributed by atoms with Crippen LogP contribution in [0.4, 0.5) is 4.39 Å². The van der Waals surface area contributed by atoms with Gasteiger partial charge in [-0.05, 0) is 24.6 Å². The van der Waals surface area contributed by atoms with E-state index in [0.717, 1.165) is 5.56 Å². The summed E-state index contributed by atoms with van der Waals surface area (Å²) >= 11 is 0. The van der Waals surface area contributed by atoms with Gasteiger partial charge in [-0.15, -0.1) is 0 Å². The molecule has 0 aliphatic rings. The van der Waals surface area contributed by atoms with Gasteiger partial charge in [0.25, 0.3) is 0 Å². The number of nitrogens with two attached hydrogens (primary N) is 1. The van der Waals surface area contributed by atoms with E-state index in [4.69, 9.17) is 5.73 Å². The second kappa shape index (κ2) is 3.89. The molecule has 0 saturated carbocycles. The predicted octanol–water partition coefficient (Wildman–Crippen LogP) is 1.44. The van der Waals surface area contributed by atoms with Gasteiger partial charge in [-0.2, -0.15) is 0 Å². The van der Waals surface area contributed by atoms with Crippen molar-refractivity contribution >= 4 is 0 Å². The summed E-state index contributed by atoms with van der Waals surface area (Å²) in [6, 6.07) is 4.54. The van der Waals surface area contributed by atoms with Crippen molar-refractivity contribution in [3.8, 4) is 11.8 Å². The lowest BCUT2D eigenvalue weighted by Gasteiger charge is -1.96. The van der Waals surface area contributed by atoms with Gasteiger partial charge in [-0.1, -0.05) is 17.9 Å². The molecule has 62 valence electrons. The molecule has 0 saturated heterocycles. The van der Waals surface area contributed by atoms with E-state index in [-0.39, 0.29) is 5.82 Å². The molecular formula is C10H10FN. The summed E-state index contributed by atoms with van der Waals surface area (Å²) in [6.45, 7) is 2.19. The van der Waals surface area contributed by atoms with Gasteiger partial charge in [0.05, 0.1) is 6.54 Å². The lowest BCUT2D eigenvalue weighted by Crippen LogP contribution is -1.93. The maximum Gasteiger partial charge on any atom is 0.124 e. The van der Waals surface area contributed by atoms with E-state index in [0.29, 0.717) is 12.1 Å². The summed E-state index contributed by atoms with van der Waals surface area (Å²) in [7, 11) is 0. The fourth-order valence-corrected chi connectivity index (χ4v) is 0.875. The van der Waals surface area contributed by atoms with Crippen LogP contribution < -0.4 is 5.73 Å². The largest absolute Gasteiger partial charge is 0.320 e. The van der Waals surface area contributed by atoms with Crippen LogP contribution in [0.3, 0.4) is 0 Å². The predicted molar refractivity (Wildman–Crippen MR) is 47.1 cm³/mol. The molecule has 2 heteroatoms. The van der Waals surface area contributed by atoms with Crippen molar-refractivity contribution < 1.29 is 4.39 Å². The average Bonchev–Trinajstić information content (AvgIpc) is 2.07. The van der Waals surface area contributed by atoms with Gasteiger partial charge in [-0.25, -0.2) is 4.39 Å². The molecule has 0 bridgehead atoms. The molecule has 2 N–H and O–H groups in total. The van der Waals surface area contributed by atoms with Crippen LogP contribution in [0.2, 0.25) is 0 Å². The van der Waals surface area contributed by atoms with Gasteiger partial charge in [0.15, 0.2) is 0 Å². The molecule has 0 aliphatic carbocycles. The van der Waals surface area contributed by atoms with E-state index in [1.807, 2.05) is 6.92 Å². The molecule has 0 amide bonds. The third-order valence-corrected chi connectivity index (χ3v) is 1.52. The summed E-state index contributed by atoms with van der Waals surface area (Å²) < 4.78 is 12.7. The van der Waals surface area contributed by atoms with Gasteiger partial charge >= 0.3 is 0 Å². The van der Waals surface area contributed by atoms with Gasteiger partial charge in [0.2, 0.25) is 0 Å². The van der Waals surface area contributed by atoms with Crippen LogP contribution >= 0.6 is 0 Å². The number of aryl methyl sites for hydroxylation is 1. The average molecular weight is 163 g/mol. The second-order valence-corrected chi connectivity index (χ2v) is 2.47. The SMILES string of the molecule is Cc1ccc(F)cc1C#CCN. The van der Waals surface area contributed by atoms with E-state index < -0.39 is 0 Å².